The summed E-state index contributed by atoms with van der Waals surface area (Å²) in [7, 11) is 4.38. The Morgan fingerprint density at radius 2 is 2.00 bits per heavy atom. The summed E-state index contributed by atoms with van der Waals surface area (Å²) >= 11 is 2.03. The van der Waals surface area contributed by atoms with Crippen LogP contribution in [-0.4, -0.2) is 36.5 Å². The Labute approximate surface area is 68.2 Å². The molecule has 10 heavy (non-hydrogen) atoms. The fourth-order valence-corrected chi connectivity index (χ4v) is 2.39. The van der Waals surface area contributed by atoms with Crippen molar-refractivity contribution in [2.75, 3.05) is 20.4 Å². The second-order valence-corrected chi connectivity index (χ2v) is 4.43. The Kier molecular flexibility index (Phi) is 3.05. The summed E-state index contributed by atoms with van der Waals surface area (Å²) in [6.07, 6.45) is 6.44. The molecule has 0 N–H and O–H groups in total. The monoisotopic (exact) mass is 159 g/mol. The maximum absolute atomic E-state index is 2.36. The Bertz CT molecular complexity index is 103. The van der Waals surface area contributed by atoms with E-state index in [1.165, 1.54) is 19.3 Å². The number of nitrogens with zero attached hydrogens (tertiary/aromatic N) is 1. The number of hydrogen-bond donors (Lipinski definition) is 0. The molecule has 2 heteroatoms. The molecule has 0 aliphatic heterocycles. The molecule has 0 bridgehead atoms. The first-order valence-electron chi connectivity index (χ1n) is 3.93. The van der Waals surface area contributed by atoms with Gasteiger partial charge in [-0.3, -0.25) is 0 Å². The smallest absolute Gasteiger partial charge is 0.0100 e. The van der Waals surface area contributed by atoms with Crippen LogP contribution in [0, 0.1) is 0 Å². The van der Waals surface area contributed by atoms with E-state index >= 15 is 0 Å². The third-order valence-electron chi connectivity index (χ3n) is 2.42. The molecule has 0 aromatic rings. The molecule has 0 aromatic carbocycles. The van der Waals surface area contributed by atoms with Gasteiger partial charge in [0.15, 0.2) is 0 Å². The lowest BCUT2D eigenvalue weighted by Crippen LogP contribution is -2.24. The molecule has 0 spiro atoms. The van der Waals surface area contributed by atoms with Crippen LogP contribution in [0.25, 0.3) is 0 Å². The van der Waals surface area contributed by atoms with Crippen molar-refractivity contribution in [1.29, 1.82) is 0 Å². The van der Waals surface area contributed by atoms with E-state index < -0.39 is 0 Å². The first kappa shape index (κ1) is 8.41. The molecule has 0 amide bonds. The predicted molar refractivity (Wildman–Crippen MR) is 48.6 cm³/mol. The van der Waals surface area contributed by atoms with E-state index in [1.54, 1.807) is 0 Å². The molecule has 1 nitrogen and oxygen atoms in total. The summed E-state index contributed by atoms with van der Waals surface area (Å²) in [6.45, 7) is 0. The first-order valence-corrected chi connectivity index (χ1v) is 5.22. The Morgan fingerprint density at radius 3 is 2.30 bits per heavy atom. The predicted octanol–water partition coefficient (Wildman–Crippen LogP) is 1.83. The summed E-state index contributed by atoms with van der Waals surface area (Å²) < 4.78 is 0. The maximum Gasteiger partial charge on any atom is 0.0100 e. The quantitative estimate of drug-likeness (QED) is 0.605. The van der Waals surface area contributed by atoms with Crippen LogP contribution in [0.2, 0.25) is 0 Å². The number of hydrogen-bond acceptors (Lipinski definition) is 2. The van der Waals surface area contributed by atoms with E-state index in [1.807, 2.05) is 11.8 Å². The van der Waals surface area contributed by atoms with Gasteiger partial charge in [-0.25, -0.2) is 0 Å². The van der Waals surface area contributed by atoms with Gasteiger partial charge in [0.05, 0.1) is 0 Å². The summed E-state index contributed by atoms with van der Waals surface area (Å²) in [4.78, 5) is 2.36. The van der Waals surface area contributed by atoms with Crippen LogP contribution in [0.4, 0.5) is 0 Å². The number of rotatable bonds is 2. The third-order valence-corrected chi connectivity index (χ3v) is 3.52. The van der Waals surface area contributed by atoms with Gasteiger partial charge < -0.3 is 4.90 Å². The lowest BCUT2D eigenvalue weighted by atomic mass is 10.2. The van der Waals surface area contributed by atoms with E-state index in [0.29, 0.717) is 0 Å². The van der Waals surface area contributed by atoms with Gasteiger partial charge in [-0.15, -0.1) is 0 Å². The molecule has 1 aliphatic carbocycles. The summed E-state index contributed by atoms with van der Waals surface area (Å²) in [5, 5.41) is 0.937. The minimum absolute atomic E-state index is 0.859. The zero-order valence-corrected chi connectivity index (χ0v) is 7.95. The van der Waals surface area contributed by atoms with Crippen molar-refractivity contribution in [3.63, 3.8) is 0 Å². The second-order valence-electron chi connectivity index (χ2n) is 3.29. The summed E-state index contributed by atoms with van der Waals surface area (Å²) in [5.74, 6) is 0. The highest BCUT2D eigenvalue weighted by molar-refractivity contribution is 7.99. The molecule has 1 fully saturated rings. The zero-order valence-electron chi connectivity index (χ0n) is 7.13. The standard InChI is InChI=1S/C8H17NS/c1-9(2)7-4-5-8(6-7)10-3/h7-8H,4-6H2,1-3H3. The topological polar surface area (TPSA) is 3.24 Å². The van der Waals surface area contributed by atoms with Gasteiger partial charge in [0.2, 0.25) is 0 Å². The maximum atomic E-state index is 2.36. The first-order chi connectivity index (χ1) is 4.74. The molecular formula is C8H17NS. The summed E-state index contributed by atoms with van der Waals surface area (Å²) in [5.41, 5.74) is 0. The highest BCUT2D eigenvalue weighted by atomic mass is 32.2. The molecule has 1 aliphatic rings. The fraction of sp³-hybridized carbons (Fsp3) is 1.00. The van der Waals surface area contributed by atoms with Gasteiger partial charge in [-0.2, -0.15) is 11.8 Å². The van der Waals surface area contributed by atoms with Crippen LogP contribution >= 0.6 is 11.8 Å². The fourth-order valence-electron chi connectivity index (χ4n) is 1.60. The molecular weight excluding hydrogens is 142 g/mol. The average molecular weight is 159 g/mol. The minimum atomic E-state index is 0.859. The normalized spacial score (nSPS) is 33.6. The Hall–Kier alpha value is 0.310. The van der Waals surface area contributed by atoms with Crippen LogP contribution in [-0.2, 0) is 0 Å². The molecule has 2 unspecified atom stereocenters. The van der Waals surface area contributed by atoms with E-state index in [2.05, 4.69) is 25.3 Å². The third kappa shape index (κ3) is 1.89. The van der Waals surface area contributed by atoms with Crippen molar-refractivity contribution < 1.29 is 0 Å². The van der Waals surface area contributed by atoms with Gasteiger partial charge in [0.1, 0.15) is 0 Å². The van der Waals surface area contributed by atoms with Gasteiger partial charge in [0.25, 0.3) is 0 Å². The number of thioether (sulfide) groups is 1. The van der Waals surface area contributed by atoms with Crippen LogP contribution in [0.1, 0.15) is 19.3 Å². The lowest BCUT2D eigenvalue weighted by Gasteiger charge is -2.18. The van der Waals surface area contributed by atoms with Crippen molar-refractivity contribution >= 4 is 11.8 Å². The van der Waals surface area contributed by atoms with Crippen molar-refractivity contribution in [3.05, 3.63) is 0 Å². The van der Waals surface area contributed by atoms with Crippen LogP contribution in [0.5, 0.6) is 0 Å². The van der Waals surface area contributed by atoms with Crippen LogP contribution in [0.3, 0.4) is 0 Å². The van der Waals surface area contributed by atoms with Crippen molar-refractivity contribution in [3.8, 4) is 0 Å². The Balaban J connectivity index is 2.28. The molecule has 2 atom stereocenters. The molecule has 0 aromatic heterocycles. The van der Waals surface area contributed by atoms with E-state index in [4.69, 9.17) is 0 Å². The van der Waals surface area contributed by atoms with Crippen LogP contribution in [0.15, 0.2) is 0 Å². The van der Waals surface area contributed by atoms with Gasteiger partial charge in [0, 0.05) is 11.3 Å². The lowest BCUT2D eigenvalue weighted by molar-refractivity contribution is 0.299. The molecule has 0 radical (unpaired) electrons. The van der Waals surface area contributed by atoms with Crippen molar-refractivity contribution in [2.45, 2.75) is 30.6 Å². The highest BCUT2D eigenvalue weighted by Crippen LogP contribution is 2.30. The SMILES string of the molecule is CSC1CCC(N(C)C)C1. The van der Waals surface area contributed by atoms with E-state index in [-0.39, 0.29) is 0 Å². The molecule has 1 saturated carbocycles. The van der Waals surface area contributed by atoms with E-state index in [9.17, 15) is 0 Å². The Morgan fingerprint density at radius 1 is 1.30 bits per heavy atom. The van der Waals surface area contributed by atoms with Gasteiger partial charge in [-0.1, -0.05) is 0 Å². The van der Waals surface area contributed by atoms with Gasteiger partial charge >= 0.3 is 0 Å². The minimum Gasteiger partial charge on any atom is -0.306 e. The molecule has 1 rings (SSSR count). The molecule has 0 heterocycles. The van der Waals surface area contributed by atoms with E-state index in [0.717, 1.165) is 11.3 Å². The van der Waals surface area contributed by atoms with Crippen molar-refractivity contribution in [1.82, 2.24) is 4.90 Å². The second kappa shape index (κ2) is 3.63. The van der Waals surface area contributed by atoms with Crippen LogP contribution < -0.4 is 0 Å². The molecule has 60 valence electrons. The largest absolute Gasteiger partial charge is 0.306 e. The summed E-state index contributed by atoms with van der Waals surface area (Å²) in [6, 6.07) is 0.859. The average Bonchev–Trinajstić information content (AvgIpc) is 2.34. The highest BCUT2D eigenvalue weighted by Gasteiger charge is 2.24. The van der Waals surface area contributed by atoms with Crippen molar-refractivity contribution in [2.24, 2.45) is 0 Å². The molecule has 0 saturated heterocycles. The van der Waals surface area contributed by atoms with Gasteiger partial charge in [-0.05, 0) is 39.6 Å². The zero-order chi connectivity index (χ0) is 7.56.